The van der Waals surface area contributed by atoms with Crippen LogP contribution in [0.2, 0.25) is 0 Å². The van der Waals surface area contributed by atoms with Crippen LogP contribution in [0.25, 0.3) is 28.2 Å². The highest BCUT2D eigenvalue weighted by molar-refractivity contribution is 5.94. The van der Waals surface area contributed by atoms with E-state index >= 15 is 0 Å². The van der Waals surface area contributed by atoms with E-state index in [1.54, 1.807) is 12.1 Å². The predicted molar refractivity (Wildman–Crippen MR) is 124 cm³/mol. The van der Waals surface area contributed by atoms with Gasteiger partial charge in [-0.1, -0.05) is 30.3 Å². The fraction of sp³-hybridized carbons (Fsp3) is 0.111. The zero-order chi connectivity index (χ0) is 23.4. The summed E-state index contributed by atoms with van der Waals surface area (Å²) in [6.45, 7) is 0.270. The van der Waals surface area contributed by atoms with Gasteiger partial charge in [0.2, 0.25) is 5.43 Å². The van der Waals surface area contributed by atoms with Crippen LogP contribution in [0.15, 0.2) is 75.6 Å². The summed E-state index contributed by atoms with van der Waals surface area (Å²) in [7, 11) is 0. The molecule has 2 aliphatic rings. The number of phenolic OH excluding ortho intramolecular Hbond substituents is 2. The first-order chi connectivity index (χ1) is 16.5. The van der Waals surface area contributed by atoms with E-state index in [2.05, 4.69) is 0 Å². The van der Waals surface area contributed by atoms with Gasteiger partial charge < -0.3 is 24.1 Å². The molecular weight excluding hydrogens is 436 g/mol. The Morgan fingerprint density at radius 2 is 1.74 bits per heavy atom. The third-order valence-electron chi connectivity index (χ3n) is 6.25. The van der Waals surface area contributed by atoms with Crippen LogP contribution in [0.5, 0.6) is 23.0 Å². The van der Waals surface area contributed by atoms with Gasteiger partial charge in [0, 0.05) is 23.1 Å². The molecule has 0 amide bonds. The van der Waals surface area contributed by atoms with Crippen molar-refractivity contribution in [1.82, 2.24) is 0 Å². The molecule has 34 heavy (non-hydrogen) atoms. The second-order valence-electron chi connectivity index (χ2n) is 8.31. The normalized spacial score (nSPS) is 16.8. The summed E-state index contributed by atoms with van der Waals surface area (Å²) < 4.78 is 17.3. The van der Waals surface area contributed by atoms with Gasteiger partial charge in [-0.15, -0.1) is 0 Å². The third kappa shape index (κ3) is 3.13. The van der Waals surface area contributed by atoms with Gasteiger partial charge >= 0.3 is 5.97 Å². The lowest BCUT2D eigenvalue weighted by Gasteiger charge is -2.29. The number of carbonyl (C=O) groups excluding carboxylic acids is 1. The largest absolute Gasteiger partial charge is 0.508 e. The van der Waals surface area contributed by atoms with Crippen molar-refractivity contribution in [3.8, 4) is 34.1 Å². The third-order valence-corrected chi connectivity index (χ3v) is 6.25. The molecule has 0 unspecified atom stereocenters. The van der Waals surface area contributed by atoms with Crippen LogP contribution >= 0.6 is 0 Å². The molecule has 0 radical (unpaired) electrons. The van der Waals surface area contributed by atoms with E-state index in [0.717, 1.165) is 16.9 Å². The Bertz CT molecular complexity index is 1560. The van der Waals surface area contributed by atoms with E-state index in [4.69, 9.17) is 13.9 Å². The maximum Gasteiger partial charge on any atom is 0.312 e. The lowest BCUT2D eigenvalue weighted by Crippen LogP contribution is -2.25. The first kappa shape index (κ1) is 20.1. The number of rotatable bonds is 2. The Morgan fingerprint density at radius 3 is 2.56 bits per heavy atom. The molecule has 1 aromatic heterocycles. The molecule has 4 aromatic rings. The van der Waals surface area contributed by atoms with Gasteiger partial charge in [-0.3, -0.25) is 9.59 Å². The molecule has 7 nitrogen and oxygen atoms in total. The number of para-hydroxylation sites is 1. The standard InChI is InChI=1S/C27H18O7/c28-17-7-5-14(6-8-17)19-13-33-27-24-18(16-9-15-3-1-2-4-21(15)32-12-16)10-23(30)34-22(24)11-20(29)25(27)26(19)31/h1-9,11,13,18,28-29H,10,12H2/t18-/m0/s1. The molecule has 168 valence electrons. The summed E-state index contributed by atoms with van der Waals surface area (Å²) in [5.41, 5.74) is 2.77. The van der Waals surface area contributed by atoms with E-state index in [1.807, 2.05) is 30.3 Å². The number of hydrogen-bond donors (Lipinski definition) is 2. The smallest absolute Gasteiger partial charge is 0.312 e. The summed E-state index contributed by atoms with van der Waals surface area (Å²) in [5, 5.41) is 20.3. The number of ether oxygens (including phenoxy) is 2. The minimum Gasteiger partial charge on any atom is -0.508 e. The average Bonchev–Trinajstić information content (AvgIpc) is 2.84. The van der Waals surface area contributed by atoms with Gasteiger partial charge in [0.1, 0.15) is 46.8 Å². The van der Waals surface area contributed by atoms with E-state index in [-0.39, 0.29) is 46.8 Å². The number of esters is 1. The summed E-state index contributed by atoms with van der Waals surface area (Å²) in [5.74, 6) is -0.248. The number of phenols is 2. The molecule has 7 heteroatoms. The van der Waals surface area contributed by atoms with Crippen LogP contribution in [0.3, 0.4) is 0 Å². The maximum atomic E-state index is 13.4. The van der Waals surface area contributed by atoms with E-state index < -0.39 is 17.3 Å². The lowest BCUT2D eigenvalue weighted by molar-refractivity contribution is -0.135. The first-order valence-electron chi connectivity index (χ1n) is 10.7. The van der Waals surface area contributed by atoms with E-state index in [1.165, 1.54) is 24.5 Å². The summed E-state index contributed by atoms with van der Waals surface area (Å²) in [6, 6.07) is 15.0. The Kier molecular flexibility index (Phi) is 4.45. The molecule has 0 fully saturated rings. The number of fused-ring (bicyclic) bond motifs is 4. The van der Waals surface area contributed by atoms with Crippen LogP contribution < -0.4 is 14.9 Å². The summed E-state index contributed by atoms with van der Waals surface area (Å²) >= 11 is 0. The van der Waals surface area contributed by atoms with Crippen molar-refractivity contribution in [3.63, 3.8) is 0 Å². The quantitative estimate of drug-likeness (QED) is 0.333. The monoisotopic (exact) mass is 454 g/mol. The molecule has 6 rings (SSSR count). The van der Waals surface area contributed by atoms with Crippen molar-refractivity contribution in [2.45, 2.75) is 12.3 Å². The van der Waals surface area contributed by atoms with Crippen molar-refractivity contribution in [3.05, 3.63) is 87.8 Å². The summed E-state index contributed by atoms with van der Waals surface area (Å²) in [4.78, 5) is 25.8. The van der Waals surface area contributed by atoms with E-state index in [9.17, 15) is 19.8 Å². The van der Waals surface area contributed by atoms with Gasteiger partial charge in [0.25, 0.3) is 0 Å². The van der Waals surface area contributed by atoms with Gasteiger partial charge in [-0.05, 0) is 35.4 Å². The van der Waals surface area contributed by atoms with Gasteiger partial charge in [0.05, 0.1) is 12.0 Å². The zero-order valence-electron chi connectivity index (χ0n) is 17.8. The SMILES string of the molecule is O=C1C[C@@H](C2=Cc3ccccc3OC2)c2c(cc(O)c3c(=O)c(-c4ccc(O)cc4)coc23)O1. The van der Waals surface area contributed by atoms with Crippen LogP contribution in [0.1, 0.15) is 23.5 Å². The summed E-state index contributed by atoms with van der Waals surface area (Å²) in [6.07, 6.45) is 3.35. The molecule has 0 aliphatic carbocycles. The minimum absolute atomic E-state index is 0.00463. The number of hydrogen-bond acceptors (Lipinski definition) is 7. The molecule has 0 saturated heterocycles. The highest BCUT2D eigenvalue weighted by Crippen LogP contribution is 2.47. The molecule has 3 aromatic carbocycles. The second-order valence-corrected chi connectivity index (χ2v) is 8.31. The number of carbonyl (C=O) groups is 1. The number of aromatic hydroxyl groups is 2. The van der Waals surface area contributed by atoms with E-state index in [0.29, 0.717) is 11.1 Å². The zero-order valence-corrected chi connectivity index (χ0v) is 17.8. The fourth-order valence-corrected chi connectivity index (χ4v) is 4.62. The molecule has 3 heterocycles. The molecular formula is C27H18O7. The van der Waals surface area contributed by atoms with Crippen molar-refractivity contribution in [2.75, 3.05) is 6.61 Å². The molecule has 0 bridgehead atoms. The highest BCUT2D eigenvalue weighted by atomic mass is 16.5. The highest BCUT2D eigenvalue weighted by Gasteiger charge is 2.35. The fourth-order valence-electron chi connectivity index (χ4n) is 4.62. The van der Waals surface area contributed by atoms with Crippen LogP contribution in [0, 0.1) is 0 Å². The topological polar surface area (TPSA) is 106 Å². The predicted octanol–water partition coefficient (Wildman–Crippen LogP) is 4.74. The van der Waals surface area contributed by atoms with Crippen molar-refractivity contribution < 1.29 is 28.9 Å². The van der Waals surface area contributed by atoms with Crippen LogP contribution in [-0.4, -0.2) is 22.8 Å². The van der Waals surface area contributed by atoms with Gasteiger partial charge in [0.15, 0.2) is 0 Å². The molecule has 2 aliphatic heterocycles. The first-order valence-corrected chi connectivity index (χ1v) is 10.7. The van der Waals surface area contributed by atoms with Crippen LogP contribution in [0.4, 0.5) is 0 Å². The Morgan fingerprint density at radius 1 is 0.941 bits per heavy atom. The second kappa shape index (κ2) is 7.52. The molecule has 2 N–H and O–H groups in total. The maximum absolute atomic E-state index is 13.4. The van der Waals surface area contributed by atoms with Crippen molar-refractivity contribution >= 4 is 23.0 Å². The Hall–Kier alpha value is -4.52. The lowest BCUT2D eigenvalue weighted by atomic mass is 9.83. The average molecular weight is 454 g/mol. The Balaban J connectivity index is 1.56. The van der Waals surface area contributed by atoms with Crippen molar-refractivity contribution in [1.29, 1.82) is 0 Å². The Labute approximate surface area is 193 Å². The van der Waals surface area contributed by atoms with Crippen molar-refractivity contribution in [2.24, 2.45) is 0 Å². The van der Waals surface area contributed by atoms with Crippen LogP contribution in [-0.2, 0) is 4.79 Å². The van der Waals surface area contributed by atoms with Gasteiger partial charge in [-0.2, -0.15) is 0 Å². The number of benzene rings is 3. The van der Waals surface area contributed by atoms with Gasteiger partial charge in [-0.25, -0.2) is 0 Å². The molecule has 1 atom stereocenters. The molecule has 0 spiro atoms. The molecule has 0 saturated carbocycles. The minimum atomic E-state index is -0.449.